The van der Waals surface area contributed by atoms with Gasteiger partial charge >= 0.3 is 11.9 Å². The molecular formula is C21H30O5. The van der Waals surface area contributed by atoms with Gasteiger partial charge in [0.25, 0.3) is 0 Å². The second-order valence-electron chi connectivity index (χ2n) is 8.34. The van der Waals surface area contributed by atoms with Crippen molar-refractivity contribution in [1.29, 1.82) is 0 Å². The van der Waals surface area contributed by atoms with E-state index in [1.807, 2.05) is 13.0 Å². The number of aliphatic hydroxyl groups excluding tert-OH is 1. The molecule has 5 heteroatoms. The van der Waals surface area contributed by atoms with Crippen LogP contribution in [-0.4, -0.2) is 37.4 Å². The summed E-state index contributed by atoms with van der Waals surface area (Å²) in [4.78, 5) is 24.4. The van der Waals surface area contributed by atoms with E-state index in [9.17, 15) is 14.7 Å². The second-order valence-corrected chi connectivity index (χ2v) is 8.34. The van der Waals surface area contributed by atoms with Gasteiger partial charge in [-0.25, -0.2) is 4.79 Å². The first-order valence-electron chi connectivity index (χ1n) is 9.63. The minimum Gasteiger partial charge on any atom is -0.469 e. The molecule has 2 aliphatic carbocycles. The molecule has 0 aromatic heterocycles. The summed E-state index contributed by atoms with van der Waals surface area (Å²) in [5.41, 5.74) is 2.43. The number of hydrogen-bond acceptors (Lipinski definition) is 5. The van der Waals surface area contributed by atoms with Gasteiger partial charge in [0, 0.05) is 5.57 Å². The van der Waals surface area contributed by atoms with E-state index < -0.39 is 5.41 Å². The Kier molecular flexibility index (Phi) is 5.29. The molecule has 0 amide bonds. The fraction of sp³-hybridized carbons (Fsp3) is 0.714. The lowest BCUT2D eigenvalue weighted by Gasteiger charge is -2.55. The molecule has 26 heavy (non-hydrogen) atoms. The predicted molar refractivity (Wildman–Crippen MR) is 97.2 cm³/mol. The van der Waals surface area contributed by atoms with E-state index >= 15 is 0 Å². The van der Waals surface area contributed by atoms with Gasteiger partial charge in [-0.3, -0.25) is 4.79 Å². The normalized spacial score (nSPS) is 34.2. The molecule has 1 saturated carbocycles. The highest BCUT2D eigenvalue weighted by atomic mass is 16.5. The van der Waals surface area contributed by atoms with Crippen LogP contribution in [0.25, 0.3) is 0 Å². The standard InChI is InChI=1S/C21H30O5/c1-20-10-4-11-21(2,19(24)25-3)17(20)8-6-15(13-22)16(20)7-5-14-9-12-26-18(14)23/h9,17,22H,4-8,10-13H2,1-3H3/t17-,20-,21+/m1/s1. The third-order valence-electron chi connectivity index (χ3n) is 7.07. The summed E-state index contributed by atoms with van der Waals surface area (Å²) in [5, 5.41) is 9.94. The number of hydrogen-bond donors (Lipinski definition) is 1. The molecule has 0 aromatic carbocycles. The minimum atomic E-state index is -0.487. The van der Waals surface area contributed by atoms with Gasteiger partial charge in [0.1, 0.15) is 6.61 Å². The maximum Gasteiger partial charge on any atom is 0.334 e. The summed E-state index contributed by atoms with van der Waals surface area (Å²) in [7, 11) is 1.47. The van der Waals surface area contributed by atoms with E-state index in [0.29, 0.717) is 13.0 Å². The largest absolute Gasteiger partial charge is 0.469 e. The summed E-state index contributed by atoms with van der Waals surface area (Å²) in [6, 6.07) is 0. The van der Waals surface area contributed by atoms with Crippen LogP contribution < -0.4 is 0 Å². The van der Waals surface area contributed by atoms with Gasteiger partial charge in [-0.15, -0.1) is 0 Å². The number of esters is 2. The van der Waals surface area contributed by atoms with Crippen LogP contribution in [0.4, 0.5) is 0 Å². The van der Waals surface area contributed by atoms with Gasteiger partial charge in [-0.05, 0) is 68.4 Å². The van der Waals surface area contributed by atoms with Crippen LogP contribution in [0.1, 0.15) is 58.8 Å². The number of ether oxygens (including phenoxy) is 2. The van der Waals surface area contributed by atoms with E-state index in [-0.39, 0.29) is 29.9 Å². The van der Waals surface area contributed by atoms with Crippen molar-refractivity contribution < 1.29 is 24.2 Å². The van der Waals surface area contributed by atoms with E-state index in [4.69, 9.17) is 9.47 Å². The van der Waals surface area contributed by atoms with Crippen LogP contribution in [0.2, 0.25) is 0 Å². The van der Waals surface area contributed by atoms with Crippen molar-refractivity contribution in [3.8, 4) is 0 Å². The maximum absolute atomic E-state index is 12.6. The number of methoxy groups -OCH3 is 1. The van der Waals surface area contributed by atoms with Gasteiger partial charge in [0.15, 0.2) is 0 Å². The molecule has 3 aliphatic rings. The molecule has 144 valence electrons. The molecule has 1 N–H and O–H groups in total. The summed E-state index contributed by atoms with van der Waals surface area (Å²) in [6.07, 6.45) is 7.74. The van der Waals surface area contributed by atoms with Crippen LogP contribution in [0, 0.1) is 16.7 Å². The minimum absolute atomic E-state index is 0.0517. The molecule has 0 spiro atoms. The Hall–Kier alpha value is -1.62. The van der Waals surface area contributed by atoms with E-state index in [2.05, 4.69) is 6.92 Å². The first-order chi connectivity index (χ1) is 12.4. The van der Waals surface area contributed by atoms with Crippen molar-refractivity contribution in [2.45, 2.75) is 58.8 Å². The SMILES string of the molecule is COC(=O)[C@@]1(C)CCC[C@]2(C)C(CCC3=CCOC3=O)=C(CO)CC[C@@H]12. The molecule has 0 bridgehead atoms. The molecule has 0 aromatic rings. The number of carbonyl (C=O) groups excluding carboxylic acids is 2. The number of aliphatic hydroxyl groups is 1. The Morgan fingerprint density at radius 2 is 2.12 bits per heavy atom. The molecule has 3 rings (SSSR count). The summed E-state index contributed by atoms with van der Waals surface area (Å²) in [5.74, 6) is -0.148. The number of fused-ring (bicyclic) bond motifs is 1. The zero-order valence-electron chi connectivity index (χ0n) is 16.1. The Morgan fingerprint density at radius 1 is 1.35 bits per heavy atom. The van der Waals surface area contributed by atoms with Gasteiger partial charge < -0.3 is 14.6 Å². The van der Waals surface area contributed by atoms with Gasteiger partial charge in [-0.1, -0.05) is 18.9 Å². The Bertz CT molecular complexity index is 661. The third-order valence-corrected chi connectivity index (χ3v) is 7.07. The number of cyclic esters (lactones) is 1. The van der Waals surface area contributed by atoms with Gasteiger partial charge in [-0.2, -0.15) is 0 Å². The first-order valence-corrected chi connectivity index (χ1v) is 9.63. The van der Waals surface area contributed by atoms with Crippen molar-refractivity contribution in [3.05, 3.63) is 22.8 Å². The van der Waals surface area contributed by atoms with E-state index in [1.165, 1.54) is 12.7 Å². The quantitative estimate of drug-likeness (QED) is 0.600. The number of allylic oxidation sites excluding steroid dienone is 1. The Labute approximate surface area is 155 Å². The lowest BCUT2D eigenvalue weighted by atomic mass is 9.49. The molecular weight excluding hydrogens is 332 g/mol. The molecule has 0 radical (unpaired) electrons. The summed E-state index contributed by atoms with van der Waals surface area (Å²) in [6.45, 7) is 4.69. The van der Waals surface area contributed by atoms with Gasteiger partial charge in [0.2, 0.25) is 0 Å². The van der Waals surface area contributed by atoms with Crippen molar-refractivity contribution in [2.75, 3.05) is 20.3 Å². The fourth-order valence-electron chi connectivity index (χ4n) is 5.72. The second kappa shape index (κ2) is 7.18. The highest BCUT2D eigenvalue weighted by Gasteiger charge is 2.56. The van der Waals surface area contributed by atoms with Gasteiger partial charge in [0.05, 0.1) is 19.1 Å². The lowest BCUT2D eigenvalue weighted by Crippen LogP contribution is -2.51. The van der Waals surface area contributed by atoms with Crippen LogP contribution in [0.5, 0.6) is 0 Å². The van der Waals surface area contributed by atoms with Crippen molar-refractivity contribution in [3.63, 3.8) is 0 Å². The van der Waals surface area contributed by atoms with Crippen molar-refractivity contribution in [1.82, 2.24) is 0 Å². The molecule has 5 nitrogen and oxygen atoms in total. The monoisotopic (exact) mass is 362 g/mol. The van der Waals surface area contributed by atoms with Crippen LogP contribution in [-0.2, 0) is 19.1 Å². The summed E-state index contributed by atoms with van der Waals surface area (Å²) < 4.78 is 10.2. The van der Waals surface area contributed by atoms with Crippen molar-refractivity contribution >= 4 is 11.9 Å². The van der Waals surface area contributed by atoms with Crippen LogP contribution in [0.15, 0.2) is 22.8 Å². The van der Waals surface area contributed by atoms with Crippen LogP contribution in [0.3, 0.4) is 0 Å². The maximum atomic E-state index is 12.6. The molecule has 1 fully saturated rings. The highest BCUT2D eigenvalue weighted by molar-refractivity contribution is 5.90. The van der Waals surface area contributed by atoms with Crippen molar-refractivity contribution in [2.24, 2.45) is 16.7 Å². The zero-order chi connectivity index (χ0) is 18.9. The Morgan fingerprint density at radius 3 is 2.73 bits per heavy atom. The zero-order valence-corrected chi connectivity index (χ0v) is 16.1. The molecule has 1 aliphatic heterocycles. The lowest BCUT2D eigenvalue weighted by molar-refractivity contribution is -0.163. The predicted octanol–water partition coefficient (Wildman–Crippen LogP) is 3.32. The topological polar surface area (TPSA) is 72.8 Å². The summed E-state index contributed by atoms with van der Waals surface area (Å²) >= 11 is 0. The van der Waals surface area contributed by atoms with E-state index in [0.717, 1.165) is 49.7 Å². The molecule has 1 heterocycles. The Balaban J connectivity index is 1.91. The third kappa shape index (κ3) is 3.00. The van der Waals surface area contributed by atoms with E-state index in [1.54, 1.807) is 0 Å². The molecule has 3 atom stereocenters. The highest BCUT2D eigenvalue weighted by Crippen LogP contribution is 2.60. The molecule has 0 saturated heterocycles. The number of rotatable bonds is 5. The average molecular weight is 362 g/mol. The fourth-order valence-corrected chi connectivity index (χ4v) is 5.72. The smallest absolute Gasteiger partial charge is 0.334 e. The molecule has 0 unspecified atom stereocenters. The van der Waals surface area contributed by atoms with Crippen LogP contribution >= 0.6 is 0 Å². The first kappa shape index (κ1) is 19.2. The average Bonchev–Trinajstić information content (AvgIpc) is 3.03. The number of carbonyl (C=O) groups is 2.